The van der Waals surface area contributed by atoms with Crippen molar-refractivity contribution in [3.63, 3.8) is 0 Å². The second-order valence-electron chi connectivity index (χ2n) is 4.10. The summed E-state index contributed by atoms with van der Waals surface area (Å²) in [4.78, 5) is 0. The van der Waals surface area contributed by atoms with E-state index in [1.807, 2.05) is 0 Å². The molecule has 1 aromatic carbocycles. The molecule has 4 heteroatoms. The fourth-order valence-electron chi connectivity index (χ4n) is 1.94. The Morgan fingerprint density at radius 3 is 2.75 bits per heavy atom. The standard InChI is InChI=1S/C12H14F2O2/c1-7-4-5-8(11(14)10(7)13)12(15)9-3-2-6-16-9/h4-5,9,12,15H,2-3,6H2,1H3. The van der Waals surface area contributed by atoms with E-state index in [-0.39, 0.29) is 11.1 Å². The van der Waals surface area contributed by atoms with Gasteiger partial charge in [0.05, 0.1) is 6.10 Å². The summed E-state index contributed by atoms with van der Waals surface area (Å²) in [5, 5.41) is 9.88. The molecular formula is C12H14F2O2. The van der Waals surface area contributed by atoms with E-state index in [4.69, 9.17) is 4.74 Å². The Morgan fingerprint density at radius 2 is 2.12 bits per heavy atom. The molecule has 0 radical (unpaired) electrons. The van der Waals surface area contributed by atoms with Gasteiger partial charge >= 0.3 is 0 Å². The number of aliphatic hydroxyl groups excluding tert-OH is 1. The monoisotopic (exact) mass is 228 g/mol. The van der Waals surface area contributed by atoms with Gasteiger partial charge in [-0.2, -0.15) is 0 Å². The zero-order valence-corrected chi connectivity index (χ0v) is 9.04. The molecule has 0 amide bonds. The number of aryl methyl sites for hydroxylation is 1. The smallest absolute Gasteiger partial charge is 0.164 e. The molecule has 2 atom stereocenters. The van der Waals surface area contributed by atoms with E-state index in [0.29, 0.717) is 13.0 Å². The minimum absolute atomic E-state index is 0.0185. The third-order valence-electron chi connectivity index (χ3n) is 2.94. The molecule has 1 N–H and O–H groups in total. The third-order valence-corrected chi connectivity index (χ3v) is 2.94. The van der Waals surface area contributed by atoms with Crippen molar-refractivity contribution in [3.05, 3.63) is 34.9 Å². The molecule has 0 aromatic heterocycles. The van der Waals surface area contributed by atoms with Crippen molar-refractivity contribution in [3.8, 4) is 0 Å². The maximum atomic E-state index is 13.6. The molecule has 2 nitrogen and oxygen atoms in total. The molecular weight excluding hydrogens is 214 g/mol. The van der Waals surface area contributed by atoms with Crippen molar-refractivity contribution in [2.75, 3.05) is 6.61 Å². The highest BCUT2D eigenvalue weighted by atomic mass is 19.2. The van der Waals surface area contributed by atoms with Crippen molar-refractivity contribution in [1.82, 2.24) is 0 Å². The van der Waals surface area contributed by atoms with Crippen LogP contribution in [0.5, 0.6) is 0 Å². The van der Waals surface area contributed by atoms with E-state index in [2.05, 4.69) is 0 Å². The molecule has 2 unspecified atom stereocenters. The van der Waals surface area contributed by atoms with Crippen LogP contribution in [0.15, 0.2) is 12.1 Å². The summed E-state index contributed by atoms with van der Waals surface area (Å²) in [5.74, 6) is -1.86. The number of halogens is 2. The largest absolute Gasteiger partial charge is 0.386 e. The Bertz CT molecular complexity index is 387. The van der Waals surface area contributed by atoms with Crippen LogP contribution in [-0.2, 0) is 4.74 Å². The summed E-state index contributed by atoms with van der Waals surface area (Å²) >= 11 is 0. The Hall–Kier alpha value is -1.00. The van der Waals surface area contributed by atoms with Gasteiger partial charge in [-0.3, -0.25) is 0 Å². The third kappa shape index (κ3) is 1.95. The molecule has 1 aromatic rings. The molecule has 1 saturated heterocycles. The first-order valence-electron chi connectivity index (χ1n) is 5.35. The van der Waals surface area contributed by atoms with Crippen LogP contribution in [0.4, 0.5) is 8.78 Å². The lowest BCUT2D eigenvalue weighted by atomic mass is 10.00. The fraction of sp³-hybridized carbons (Fsp3) is 0.500. The normalized spacial score (nSPS) is 22.4. The maximum Gasteiger partial charge on any atom is 0.164 e. The van der Waals surface area contributed by atoms with E-state index in [1.165, 1.54) is 19.1 Å². The molecule has 2 rings (SSSR count). The van der Waals surface area contributed by atoms with Gasteiger partial charge in [-0.25, -0.2) is 8.78 Å². The topological polar surface area (TPSA) is 29.5 Å². The first kappa shape index (κ1) is 11.5. The lowest BCUT2D eigenvalue weighted by molar-refractivity contribution is -0.00456. The van der Waals surface area contributed by atoms with Gasteiger partial charge in [-0.05, 0) is 25.3 Å². The molecule has 1 aliphatic rings. The predicted octanol–water partition coefficient (Wildman–Crippen LogP) is 2.49. The average molecular weight is 228 g/mol. The summed E-state index contributed by atoms with van der Waals surface area (Å²) in [6, 6.07) is 2.88. The van der Waals surface area contributed by atoms with E-state index in [0.717, 1.165) is 6.42 Å². The molecule has 1 aliphatic heterocycles. The number of aliphatic hydroxyl groups is 1. The predicted molar refractivity (Wildman–Crippen MR) is 55.0 cm³/mol. The van der Waals surface area contributed by atoms with Crippen molar-refractivity contribution in [1.29, 1.82) is 0 Å². The Morgan fingerprint density at radius 1 is 1.38 bits per heavy atom. The molecule has 1 heterocycles. The number of ether oxygens (including phenoxy) is 1. The maximum absolute atomic E-state index is 13.6. The average Bonchev–Trinajstić information content (AvgIpc) is 2.79. The van der Waals surface area contributed by atoms with Crippen molar-refractivity contribution >= 4 is 0 Å². The number of hydrogen-bond donors (Lipinski definition) is 1. The van der Waals surface area contributed by atoms with Crippen molar-refractivity contribution in [2.45, 2.75) is 32.0 Å². The minimum atomic E-state index is -1.09. The van der Waals surface area contributed by atoms with Crippen molar-refractivity contribution in [2.24, 2.45) is 0 Å². The zero-order chi connectivity index (χ0) is 11.7. The second-order valence-corrected chi connectivity index (χ2v) is 4.10. The van der Waals surface area contributed by atoms with Gasteiger partial charge in [0.15, 0.2) is 11.6 Å². The van der Waals surface area contributed by atoms with Crippen LogP contribution in [0.1, 0.15) is 30.1 Å². The molecule has 0 spiro atoms. The lowest BCUT2D eigenvalue weighted by Gasteiger charge is -2.18. The van der Waals surface area contributed by atoms with E-state index >= 15 is 0 Å². The van der Waals surface area contributed by atoms with Crippen LogP contribution in [0, 0.1) is 18.6 Å². The molecule has 0 saturated carbocycles. The minimum Gasteiger partial charge on any atom is -0.386 e. The van der Waals surface area contributed by atoms with Crippen LogP contribution in [0.2, 0.25) is 0 Å². The van der Waals surface area contributed by atoms with E-state index in [1.54, 1.807) is 0 Å². The van der Waals surface area contributed by atoms with Gasteiger partial charge in [0.1, 0.15) is 6.10 Å². The van der Waals surface area contributed by atoms with Gasteiger partial charge in [0.2, 0.25) is 0 Å². The highest BCUT2D eigenvalue weighted by Crippen LogP contribution is 2.29. The highest BCUT2D eigenvalue weighted by molar-refractivity contribution is 5.27. The first-order valence-corrected chi connectivity index (χ1v) is 5.35. The molecule has 0 bridgehead atoms. The Balaban J connectivity index is 2.29. The summed E-state index contributed by atoms with van der Waals surface area (Å²) in [7, 11) is 0. The van der Waals surface area contributed by atoms with Gasteiger partial charge in [0, 0.05) is 12.2 Å². The molecule has 0 aliphatic carbocycles. The summed E-state index contributed by atoms with van der Waals surface area (Å²) in [6.45, 7) is 2.05. The van der Waals surface area contributed by atoms with Gasteiger partial charge in [-0.15, -0.1) is 0 Å². The summed E-state index contributed by atoms with van der Waals surface area (Å²) in [6.07, 6.45) is 0.0163. The molecule has 16 heavy (non-hydrogen) atoms. The van der Waals surface area contributed by atoms with E-state index < -0.39 is 23.8 Å². The summed E-state index contributed by atoms with van der Waals surface area (Å²) < 4.78 is 32.1. The molecule has 1 fully saturated rings. The second kappa shape index (κ2) is 4.47. The van der Waals surface area contributed by atoms with Gasteiger partial charge in [-0.1, -0.05) is 12.1 Å². The molecule has 88 valence electrons. The SMILES string of the molecule is Cc1ccc(C(O)C2CCCO2)c(F)c1F. The summed E-state index contributed by atoms with van der Waals surface area (Å²) in [5.41, 5.74) is 0.218. The van der Waals surface area contributed by atoms with Gasteiger partial charge < -0.3 is 9.84 Å². The van der Waals surface area contributed by atoms with Gasteiger partial charge in [0.25, 0.3) is 0 Å². The fourth-order valence-corrected chi connectivity index (χ4v) is 1.94. The number of hydrogen-bond acceptors (Lipinski definition) is 2. The zero-order valence-electron chi connectivity index (χ0n) is 9.04. The van der Waals surface area contributed by atoms with Crippen LogP contribution >= 0.6 is 0 Å². The Kier molecular flexibility index (Phi) is 3.21. The Labute approximate surface area is 92.9 Å². The van der Waals surface area contributed by atoms with Crippen molar-refractivity contribution < 1.29 is 18.6 Å². The number of benzene rings is 1. The first-order chi connectivity index (χ1) is 7.61. The highest BCUT2D eigenvalue weighted by Gasteiger charge is 2.28. The van der Waals surface area contributed by atoms with Crippen LogP contribution in [0.3, 0.4) is 0 Å². The van der Waals surface area contributed by atoms with Crippen LogP contribution in [0.25, 0.3) is 0 Å². The van der Waals surface area contributed by atoms with E-state index in [9.17, 15) is 13.9 Å². The lowest BCUT2D eigenvalue weighted by Crippen LogP contribution is -2.19. The van der Waals surface area contributed by atoms with Crippen LogP contribution in [-0.4, -0.2) is 17.8 Å². The van der Waals surface area contributed by atoms with Crippen LogP contribution < -0.4 is 0 Å². The number of rotatable bonds is 2. The quantitative estimate of drug-likeness (QED) is 0.842.